The molecular weight excluding hydrogens is 465 g/mol. The fourth-order valence-corrected chi connectivity index (χ4v) is 3.98. The third-order valence-corrected chi connectivity index (χ3v) is 5.93. The number of anilines is 1. The molecule has 0 aliphatic carbocycles. The molecule has 34 heavy (non-hydrogen) atoms. The van der Waals surface area contributed by atoms with Crippen LogP contribution in [0.2, 0.25) is 0 Å². The first-order valence-electron chi connectivity index (χ1n) is 10.2. The van der Waals surface area contributed by atoms with Gasteiger partial charge in [0, 0.05) is 29.3 Å². The van der Waals surface area contributed by atoms with E-state index in [1.807, 2.05) is 0 Å². The van der Waals surface area contributed by atoms with Crippen LogP contribution in [0.25, 0.3) is 0 Å². The van der Waals surface area contributed by atoms with Gasteiger partial charge in [-0.05, 0) is 32.0 Å². The van der Waals surface area contributed by atoms with E-state index >= 15 is 0 Å². The smallest absolute Gasteiger partial charge is 0.417 e. The Hall–Kier alpha value is -3.28. The van der Waals surface area contributed by atoms with Crippen molar-refractivity contribution in [2.24, 2.45) is 11.7 Å². The van der Waals surface area contributed by atoms with Crippen LogP contribution in [0.4, 0.5) is 27.6 Å². The van der Waals surface area contributed by atoms with Crippen molar-refractivity contribution in [2.45, 2.75) is 44.6 Å². The van der Waals surface area contributed by atoms with Gasteiger partial charge in [-0.15, -0.1) is 0 Å². The Labute approximate surface area is 191 Å². The summed E-state index contributed by atoms with van der Waals surface area (Å²) >= 11 is 0. The second-order valence-corrected chi connectivity index (χ2v) is 7.95. The summed E-state index contributed by atoms with van der Waals surface area (Å²) in [5.41, 5.74) is 2.07. The fraction of sp³-hybridized carbons (Fsp3) is 0.409. The maximum Gasteiger partial charge on any atom is 0.417 e. The number of halogens is 5. The Morgan fingerprint density at radius 2 is 1.94 bits per heavy atom. The van der Waals surface area contributed by atoms with Gasteiger partial charge < -0.3 is 20.5 Å². The molecule has 2 aromatic rings. The minimum Gasteiger partial charge on any atom is -0.490 e. The summed E-state index contributed by atoms with van der Waals surface area (Å²) in [6.07, 6.45) is -5.48. The number of alkyl halides is 3. The Morgan fingerprint density at radius 3 is 2.53 bits per heavy atom. The summed E-state index contributed by atoms with van der Waals surface area (Å²) in [7, 11) is 0. The third kappa shape index (κ3) is 4.41. The van der Waals surface area contributed by atoms with Crippen LogP contribution in [0.15, 0.2) is 30.5 Å². The molecule has 2 amide bonds. The Kier molecular flexibility index (Phi) is 6.83. The number of carbonyl (C=O) groups excluding carboxylic acids is 2. The predicted octanol–water partition coefficient (Wildman–Crippen LogP) is 3.94. The first kappa shape index (κ1) is 25.3. The van der Waals surface area contributed by atoms with Crippen molar-refractivity contribution in [2.75, 3.05) is 11.9 Å². The van der Waals surface area contributed by atoms with Crippen molar-refractivity contribution in [3.63, 3.8) is 0 Å². The van der Waals surface area contributed by atoms with Crippen LogP contribution in [0, 0.1) is 17.6 Å². The number of primary amides is 1. The molecule has 3 N–H and O–H groups in total. The Morgan fingerprint density at radius 1 is 1.26 bits per heavy atom. The molecular formula is C22H22F5N3O4. The summed E-state index contributed by atoms with van der Waals surface area (Å²) < 4.78 is 80.9. The minimum atomic E-state index is -4.89. The first-order valence-corrected chi connectivity index (χ1v) is 10.2. The number of carbonyl (C=O) groups is 2. The molecule has 1 fully saturated rings. The highest BCUT2D eigenvalue weighted by atomic mass is 19.4. The Bertz CT molecular complexity index is 1110. The molecule has 0 unspecified atom stereocenters. The van der Waals surface area contributed by atoms with Crippen molar-refractivity contribution in [1.82, 2.24) is 4.98 Å². The SMILES string of the molecule is CCOc1c([C@H]2[C@@H](C(=O)Nc3ccnc(C(N)=O)c3)O[C@@](C)(C(F)(F)F)[C@@H]2C)ccc(F)c1F. The van der Waals surface area contributed by atoms with Gasteiger partial charge in [-0.1, -0.05) is 13.0 Å². The first-order chi connectivity index (χ1) is 15.8. The highest BCUT2D eigenvalue weighted by Crippen LogP contribution is 2.55. The largest absolute Gasteiger partial charge is 0.490 e. The van der Waals surface area contributed by atoms with Crippen molar-refractivity contribution < 1.29 is 41.0 Å². The van der Waals surface area contributed by atoms with E-state index in [-0.39, 0.29) is 23.6 Å². The number of pyridine rings is 1. The third-order valence-electron chi connectivity index (χ3n) is 5.93. The zero-order valence-corrected chi connectivity index (χ0v) is 18.4. The molecule has 1 saturated heterocycles. The molecule has 4 atom stereocenters. The summed E-state index contributed by atoms with van der Waals surface area (Å²) in [6, 6.07) is 4.26. The summed E-state index contributed by atoms with van der Waals surface area (Å²) in [5, 5.41) is 2.38. The lowest BCUT2D eigenvalue weighted by molar-refractivity contribution is -0.272. The van der Waals surface area contributed by atoms with E-state index in [1.165, 1.54) is 26.1 Å². The van der Waals surface area contributed by atoms with Crippen LogP contribution in [0.1, 0.15) is 42.7 Å². The van der Waals surface area contributed by atoms with Gasteiger partial charge in [-0.2, -0.15) is 17.6 Å². The zero-order valence-electron chi connectivity index (χ0n) is 18.4. The van der Waals surface area contributed by atoms with E-state index in [0.717, 1.165) is 25.1 Å². The molecule has 1 aromatic heterocycles. The highest BCUT2D eigenvalue weighted by Gasteiger charge is 2.65. The lowest BCUT2D eigenvalue weighted by Gasteiger charge is -2.32. The average Bonchev–Trinajstić information content (AvgIpc) is 3.04. The summed E-state index contributed by atoms with van der Waals surface area (Å²) in [5.74, 6) is -7.87. The van der Waals surface area contributed by atoms with Crippen molar-refractivity contribution in [3.05, 3.63) is 53.4 Å². The predicted molar refractivity (Wildman–Crippen MR) is 110 cm³/mol. The normalized spacial score (nSPS) is 24.6. The fourth-order valence-electron chi connectivity index (χ4n) is 3.98. The molecule has 3 rings (SSSR count). The molecule has 184 valence electrons. The molecule has 7 nitrogen and oxygen atoms in total. The highest BCUT2D eigenvalue weighted by molar-refractivity contribution is 5.97. The van der Waals surface area contributed by atoms with Gasteiger partial charge in [0.15, 0.2) is 17.2 Å². The van der Waals surface area contributed by atoms with E-state index in [2.05, 4.69) is 10.3 Å². The maximum absolute atomic E-state index is 14.5. The number of aromatic nitrogens is 1. The van der Waals surface area contributed by atoms with E-state index in [9.17, 15) is 31.5 Å². The molecule has 0 spiro atoms. The van der Waals surface area contributed by atoms with Gasteiger partial charge in [0.05, 0.1) is 6.61 Å². The Balaban J connectivity index is 2.09. The van der Waals surface area contributed by atoms with E-state index < -0.39 is 58.9 Å². The summed E-state index contributed by atoms with van der Waals surface area (Å²) in [4.78, 5) is 28.2. The molecule has 1 aliphatic heterocycles. The van der Waals surface area contributed by atoms with Crippen molar-refractivity contribution in [3.8, 4) is 5.75 Å². The number of benzene rings is 1. The van der Waals surface area contributed by atoms with Gasteiger partial charge >= 0.3 is 6.18 Å². The van der Waals surface area contributed by atoms with E-state index in [0.29, 0.717) is 0 Å². The van der Waals surface area contributed by atoms with Crippen molar-refractivity contribution in [1.29, 1.82) is 0 Å². The van der Waals surface area contributed by atoms with Gasteiger partial charge in [0.25, 0.3) is 11.8 Å². The average molecular weight is 487 g/mol. The lowest BCUT2D eigenvalue weighted by atomic mass is 9.77. The minimum absolute atomic E-state index is 0.0275. The second-order valence-electron chi connectivity index (χ2n) is 7.95. The molecule has 1 aromatic carbocycles. The number of ether oxygens (including phenoxy) is 2. The number of hydrogen-bond donors (Lipinski definition) is 2. The van der Waals surface area contributed by atoms with Crippen LogP contribution < -0.4 is 15.8 Å². The van der Waals surface area contributed by atoms with Gasteiger partial charge in [-0.25, -0.2) is 4.39 Å². The zero-order chi connectivity index (χ0) is 25.4. The van der Waals surface area contributed by atoms with Crippen LogP contribution in [-0.4, -0.2) is 41.3 Å². The number of nitrogens with two attached hydrogens (primary N) is 1. The van der Waals surface area contributed by atoms with E-state index in [4.69, 9.17) is 15.2 Å². The number of nitrogens with zero attached hydrogens (tertiary/aromatic N) is 1. The molecule has 1 aliphatic rings. The molecule has 2 heterocycles. The lowest BCUT2D eigenvalue weighted by Crippen LogP contribution is -2.47. The van der Waals surface area contributed by atoms with Crippen LogP contribution in [0.5, 0.6) is 5.75 Å². The molecule has 0 bridgehead atoms. The standard InChI is InChI=1S/C22H22F5N3O4/c1-4-33-17-12(5-6-13(23)16(17)24)15-10(2)21(3,22(25,26)27)34-18(15)20(32)30-11-7-8-29-14(9-11)19(28)31/h5-10,15,18H,4H2,1-3H3,(H2,28,31)(H,29,30,32)/t10-,15+,18+,21-/m1/s1. The number of nitrogens with one attached hydrogen (secondary N) is 1. The van der Waals surface area contributed by atoms with Crippen LogP contribution >= 0.6 is 0 Å². The van der Waals surface area contributed by atoms with Crippen LogP contribution in [-0.2, 0) is 9.53 Å². The molecule has 0 radical (unpaired) electrons. The van der Waals surface area contributed by atoms with Crippen molar-refractivity contribution >= 4 is 17.5 Å². The maximum atomic E-state index is 14.5. The van der Waals surface area contributed by atoms with Crippen LogP contribution in [0.3, 0.4) is 0 Å². The number of rotatable bonds is 6. The summed E-state index contributed by atoms with van der Waals surface area (Å²) in [6.45, 7) is 3.39. The number of hydrogen-bond acceptors (Lipinski definition) is 5. The second kappa shape index (κ2) is 9.16. The molecule has 12 heteroatoms. The topological polar surface area (TPSA) is 104 Å². The van der Waals surface area contributed by atoms with Gasteiger partial charge in [0.1, 0.15) is 11.8 Å². The van der Waals surface area contributed by atoms with Gasteiger partial charge in [0.2, 0.25) is 5.82 Å². The number of amides is 2. The molecule has 0 saturated carbocycles. The monoisotopic (exact) mass is 487 g/mol. The quantitative estimate of drug-likeness (QED) is 0.601. The van der Waals surface area contributed by atoms with Gasteiger partial charge in [-0.3, -0.25) is 14.6 Å². The van der Waals surface area contributed by atoms with E-state index in [1.54, 1.807) is 0 Å².